The number of rotatable bonds is 4. The zero-order chi connectivity index (χ0) is 43.0. The lowest BCUT2D eigenvalue weighted by Crippen LogP contribution is -2.84. The molecule has 4 aromatic carbocycles. The average Bonchev–Trinajstić information content (AvgIpc) is 3.96. The van der Waals surface area contributed by atoms with E-state index < -0.39 is 0 Å². The van der Waals surface area contributed by atoms with Crippen LogP contribution in [0.15, 0.2) is 132 Å². The second-order valence-electron chi connectivity index (χ2n) is 22.4. The van der Waals surface area contributed by atoms with E-state index in [2.05, 4.69) is 174 Å². The van der Waals surface area contributed by atoms with E-state index in [9.17, 15) is 0 Å². The SMILES string of the molecule is c1ccc(N2C3=C(SC4CCCCC34)N3C4CC5C(CC4N(c4ccccc4)C4CCCC2C43)N(c2ccccc2)C2CCCC3C2N5C2C4CCCCC4SC2N3c2ccccc2)cc1. The first-order valence-corrected chi connectivity index (χ1v) is 28.6. The molecule has 11 aliphatic rings. The summed E-state index contributed by atoms with van der Waals surface area (Å²) in [5.74, 6) is 1.45. The van der Waals surface area contributed by atoms with Crippen molar-refractivity contribution in [1.29, 1.82) is 0 Å². The molecule has 15 rings (SSSR count). The molecule has 0 amide bonds. The maximum absolute atomic E-state index is 3.41. The minimum atomic E-state index is 0.456. The van der Waals surface area contributed by atoms with E-state index in [4.69, 9.17) is 0 Å². The van der Waals surface area contributed by atoms with E-state index in [1.165, 1.54) is 125 Å². The van der Waals surface area contributed by atoms with Crippen LogP contribution in [0.2, 0.25) is 0 Å². The van der Waals surface area contributed by atoms with Crippen molar-refractivity contribution in [2.45, 2.75) is 185 Å². The standard InChI is InChI=1S/C58H68N6S2/c1-5-19-37(20-6-1)59-43-29-18-32-46-55(43)63(54-42-28-14-16-34-52(42)65-57(54)62(46)40-25-11-4-12-26-40)49-36-50-48(35-47(49)59)60(38-21-7-2-8-22-38)44-30-17-31-45-56(44)64(50)58-53(41-27-13-15-33-51(41)66-58)61(45)39-23-9-3-10-24-39/h1-12,19-26,41-52,54-57H,13-18,27-36H2. The molecule has 0 bridgehead atoms. The van der Waals surface area contributed by atoms with Crippen LogP contribution >= 0.6 is 23.5 Å². The van der Waals surface area contributed by atoms with Crippen molar-refractivity contribution in [3.05, 3.63) is 132 Å². The van der Waals surface area contributed by atoms with E-state index >= 15 is 0 Å². The molecule has 16 atom stereocenters. The van der Waals surface area contributed by atoms with Crippen LogP contribution < -0.4 is 19.6 Å². The Morgan fingerprint density at radius 1 is 0.379 bits per heavy atom. The maximum Gasteiger partial charge on any atom is 0.0919 e. The molecule has 0 N–H and O–H groups in total. The number of nitrogens with zero attached hydrogens (tertiary/aromatic N) is 6. The van der Waals surface area contributed by atoms with Gasteiger partial charge in [-0.2, -0.15) is 0 Å². The van der Waals surface area contributed by atoms with Crippen LogP contribution in [0.5, 0.6) is 0 Å². The molecule has 16 unspecified atom stereocenters. The van der Waals surface area contributed by atoms with Gasteiger partial charge >= 0.3 is 0 Å². The highest BCUT2D eigenvalue weighted by Gasteiger charge is 2.68. The van der Waals surface area contributed by atoms with Crippen molar-refractivity contribution in [2.24, 2.45) is 11.8 Å². The monoisotopic (exact) mass is 912 g/mol. The first kappa shape index (κ1) is 40.2. The van der Waals surface area contributed by atoms with Crippen LogP contribution in [0.25, 0.3) is 0 Å². The summed E-state index contributed by atoms with van der Waals surface area (Å²) in [6.07, 6.45) is 21.4. The second-order valence-corrected chi connectivity index (χ2v) is 25.0. The van der Waals surface area contributed by atoms with Gasteiger partial charge in [0.15, 0.2) is 0 Å². The zero-order valence-corrected chi connectivity index (χ0v) is 40.2. The Kier molecular flexibility index (Phi) is 9.69. The summed E-state index contributed by atoms with van der Waals surface area (Å²) in [7, 11) is 0. The summed E-state index contributed by atoms with van der Waals surface area (Å²) >= 11 is 4.78. The third kappa shape index (κ3) is 5.85. The number of piperazine rings is 3. The van der Waals surface area contributed by atoms with Gasteiger partial charge in [0.05, 0.1) is 52.4 Å². The van der Waals surface area contributed by atoms with Crippen molar-refractivity contribution in [2.75, 3.05) is 19.6 Å². The summed E-state index contributed by atoms with van der Waals surface area (Å²) < 4.78 is 0. The molecule has 4 aromatic rings. The van der Waals surface area contributed by atoms with Gasteiger partial charge in [0.25, 0.3) is 0 Å². The molecule has 6 aliphatic heterocycles. The van der Waals surface area contributed by atoms with Crippen molar-refractivity contribution >= 4 is 46.3 Å². The fraction of sp³-hybridized carbons (Fsp3) is 0.552. The van der Waals surface area contributed by atoms with E-state index in [1.807, 2.05) is 0 Å². The van der Waals surface area contributed by atoms with Crippen LogP contribution in [-0.2, 0) is 0 Å². The molecule has 342 valence electrons. The summed E-state index contributed by atoms with van der Waals surface area (Å²) in [5, 5.41) is 3.74. The fourth-order valence-electron chi connectivity index (χ4n) is 17.5. The minimum Gasteiger partial charge on any atom is -0.362 e. The Hall–Kier alpha value is -3.72. The number of para-hydroxylation sites is 4. The number of benzene rings is 4. The lowest BCUT2D eigenvalue weighted by Gasteiger charge is -2.72. The van der Waals surface area contributed by atoms with Crippen LogP contribution in [0.1, 0.15) is 103 Å². The molecule has 4 saturated heterocycles. The molecule has 6 heterocycles. The molecule has 5 aliphatic carbocycles. The molecule has 66 heavy (non-hydrogen) atoms. The van der Waals surface area contributed by atoms with Crippen molar-refractivity contribution in [3.8, 4) is 0 Å². The maximum atomic E-state index is 3.41. The van der Waals surface area contributed by atoms with Crippen molar-refractivity contribution in [1.82, 2.24) is 9.80 Å². The van der Waals surface area contributed by atoms with Gasteiger partial charge in [-0.1, -0.05) is 98.5 Å². The predicted molar refractivity (Wildman–Crippen MR) is 275 cm³/mol. The Bertz CT molecular complexity index is 2440. The van der Waals surface area contributed by atoms with Crippen LogP contribution in [-0.4, -0.2) is 92.1 Å². The molecule has 9 fully saturated rings. The lowest BCUT2D eigenvalue weighted by molar-refractivity contribution is -0.0882. The first-order chi connectivity index (χ1) is 32.8. The molecular weight excluding hydrogens is 845 g/mol. The highest BCUT2D eigenvalue weighted by atomic mass is 32.2. The Morgan fingerprint density at radius 2 is 0.879 bits per heavy atom. The summed E-state index contributed by atoms with van der Waals surface area (Å²) in [4.78, 5) is 19.0. The lowest BCUT2D eigenvalue weighted by atomic mass is 9.66. The second kappa shape index (κ2) is 15.9. The average molecular weight is 913 g/mol. The number of allylic oxidation sites excluding steroid dienone is 1. The van der Waals surface area contributed by atoms with Gasteiger partial charge in [-0.25, -0.2) is 0 Å². The number of hydrogen-bond acceptors (Lipinski definition) is 8. The number of anilines is 4. The Morgan fingerprint density at radius 3 is 1.55 bits per heavy atom. The smallest absolute Gasteiger partial charge is 0.0919 e. The molecule has 0 aromatic heterocycles. The topological polar surface area (TPSA) is 19.4 Å². The molecule has 0 radical (unpaired) electrons. The summed E-state index contributed by atoms with van der Waals surface area (Å²) in [5.41, 5.74) is 7.62. The molecule has 5 saturated carbocycles. The highest BCUT2D eigenvalue weighted by Crippen LogP contribution is 2.63. The summed E-state index contributed by atoms with van der Waals surface area (Å²) in [6.45, 7) is 0. The van der Waals surface area contributed by atoms with Gasteiger partial charge in [0.2, 0.25) is 0 Å². The largest absolute Gasteiger partial charge is 0.362 e. The molecule has 8 heteroatoms. The highest BCUT2D eigenvalue weighted by molar-refractivity contribution is 8.03. The van der Waals surface area contributed by atoms with Gasteiger partial charge in [-0.15, -0.1) is 23.5 Å². The number of thioether (sulfide) groups is 2. The predicted octanol–water partition coefficient (Wildman–Crippen LogP) is 12.0. The van der Waals surface area contributed by atoms with Gasteiger partial charge < -0.3 is 24.5 Å². The van der Waals surface area contributed by atoms with Crippen LogP contribution in [0.4, 0.5) is 22.7 Å². The van der Waals surface area contributed by atoms with Gasteiger partial charge in [0, 0.05) is 69.4 Å². The Labute approximate surface area is 402 Å². The number of hydrogen-bond donors (Lipinski definition) is 0. The van der Waals surface area contributed by atoms with Gasteiger partial charge in [-0.3, -0.25) is 4.90 Å². The molecular formula is C58H68N6S2. The molecule has 6 nitrogen and oxygen atoms in total. The minimum absolute atomic E-state index is 0.456. The van der Waals surface area contributed by atoms with Crippen molar-refractivity contribution in [3.63, 3.8) is 0 Å². The van der Waals surface area contributed by atoms with E-state index in [0.717, 1.165) is 11.2 Å². The molecule has 0 spiro atoms. The van der Waals surface area contributed by atoms with Crippen LogP contribution in [0, 0.1) is 11.8 Å². The zero-order valence-electron chi connectivity index (χ0n) is 38.6. The van der Waals surface area contributed by atoms with E-state index in [0.29, 0.717) is 83.0 Å². The van der Waals surface area contributed by atoms with Gasteiger partial charge in [0.1, 0.15) is 0 Å². The number of fused-ring (bicyclic) bond motifs is 11. The fourth-order valence-corrected chi connectivity index (χ4v) is 21.4. The quantitative estimate of drug-likeness (QED) is 0.199. The normalized spacial score (nSPS) is 40.9. The van der Waals surface area contributed by atoms with Crippen LogP contribution in [0.3, 0.4) is 0 Å². The van der Waals surface area contributed by atoms with Crippen molar-refractivity contribution < 1.29 is 0 Å². The van der Waals surface area contributed by atoms with E-state index in [-0.39, 0.29) is 0 Å². The third-order valence-electron chi connectivity index (χ3n) is 19.6. The Balaban J connectivity index is 0.934. The van der Waals surface area contributed by atoms with Gasteiger partial charge in [-0.05, 0) is 131 Å². The summed E-state index contributed by atoms with van der Waals surface area (Å²) in [6, 6.07) is 53.0. The van der Waals surface area contributed by atoms with E-state index in [1.54, 1.807) is 10.7 Å². The first-order valence-electron chi connectivity index (χ1n) is 26.8. The third-order valence-corrected chi connectivity index (χ3v) is 22.8.